The van der Waals surface area contributed by atoms with E-state index in [0.717, 1.165) is 29.4 Å². The van der Waals surface area contributed by atoms with E-state index in [9.17, 15) is 0 Å². The van der Waals surface area contributed by atoms with Crippen LogP contribution in [0.5, 0.6) is 0 Å². The van der Waals surface area contributed by atoms with E-state index < -0.39 is 0 Å². The molecule has 85 valence electrons. The maximum atomic E-state index is 2.65. The first kappa shape index (κ1) is 11.5. The number of rotatable bonds is 3. The summed E-state index contributed by atoms with van der Waals surface area (Å²) in [6, 6.07) is 0. The van der Waals surface area contributed by atoms with Crippen LogP contribution in [-0.2, 0) is 0 Å². The number of fused-ring (bicyclic) bond motifs is 2. The van der Waals surface area contributed by atoms with Gasteiger partial charge in [0.05, 0.1) is 0 Å². The quantitative estimate of drug-likeness (QED) is 0.599. The summed E-state index contributed by atoms with van der Waals surface area (Å²) in [4.78, 5) is 0. The van der Waals surface area contributed by atoms with Gasteiger partial charge in [0.1, 0.15) is 7.28 Å². The third-order valence-corrected chi connectivity index (χ3v) is 5.63. The van der Waals surface area contributed by atoms with E-state index in [2.05, 4.69) is 41.9 Å². The van der Waals surface area contributed by atoms with E-state index >= 15 is 0 Å². The maximum Gasteiger partial charge on any atom is 0.117 e. The predicted molar refractivity (Wildman–Crippen MR) is 68.4 cm³/mol. The van der Waals surface area contributed by atoms with Crippen molar-refractivity contribution in [1.82, 2.24) is 0 Å². The van der Waals surface area contributed by atoms with Gasteiger partial charge in [0, 0.05) is 0 Å². The topological polar surface area (TPSA) is 0 Å². The highest BCUT2D eigenvalue weighted by atomic mass is 14.6. The average molecular weight is 205 g/mol. The zero-order valence-electron chi connectivity index (χ0n) is 11.1. The number of hydrogen-bond donors (Lipinski definition) is 0. The molecule has 3 aliphatic carbocycles. The molecule has 0 aliphatic heterocycles. The minimum absolute atomic E-state index is 0.652. The van der Waals surface area contributed by atoms with Crippen molar-refractivity contribution in [1.29, 1.82) is 0 Å². The summed E-state index contributed by atoms with van der Waals surface area (Å²) in [5.41, 5.74) is 0.652. The molecule has 0 N–H and O–H groups in total. The molecule has 0 spiro atoms. The normalized spacial score (nSPS) is 44.3. The van der Waals surface area contributed by atoms with E-state index in [0.29, 0.717) is 5.41 Å². The molecule has 0 saturated heterocycles. The lowest BCUT2D eigenvalue weighted by atomic mass is 9.36. The zero-order chi connectivity index (χ0) is 11.2. The van der Waals surface area contributed by atoms with E-state index in [1.165, 1.54) is 19.3 Å². The van der Waals surface area contributed by atoms with E-state index in [4.69, 9.17) is 0 Å². The van der Waals surface area contributed by atoms with Gasteiger partial charge >= 0.3 is 0 Å². The van der Waals surface area contributed by atoms with Crippen LogP contribution in [0.3, 0.4) is 0 Å². The molecule has 3 aliphatic rings. The Morgan fingerprint density at radius 2 is 2.00 bits per heavy atom. The summed E-state index contributed by atoms with van der Waals surface area (Å²) in [7, 11) is 2.65. The molecule has 0 heterocycles. The van der Waals surface area contributed by atoms with Crippen molar-refractivity contribution >= 4 is 7.28 Å². The highest BCUT2D eigenvalue weighted by Gasteiger charge is 2.55. The summed E-state index contributed by atoms with van der Waals surface area (Å²) < 4.78 is 0. The molecule has 5 atom stereocenters. The van der Waals surface area contributed by atoms with Crippen LogP contribution in [0, 0.1) is 23.2 Å². The second kappa shape index (κ2) is 3.82. The van der Waals surface area contributed by atoms with Gasteiger partial charge in [0.25, 0.3) is 0 Å². The summed E-state index contributed by atoms with van der Waals surface area (Å²) in [6.07, 6.45) is 4.29. The van der Waals surface area contributed by atoms with Crippen molar-refractivity contribution in [2.75, 3.05) is 0 Å². The average Bonchev–Trinajstić information content (AvgIpc) is 2.19. The molecular weight excluding hydrogens is 179 g/mol. The molecule has 1 radical (unpaired) electrons. The monoisotopic (exact) mass is 205 g/mol. The fourth-order valence-corrected chi connectivity index (χ4v) is 4.00. The van der Waals surface area contributed by atoms with Crippen molar-refractivity contribution in [3.63, 3.8) is 0 Å². The second-order valence-electron chi connectivity index (χ2n) is 6.70. The molecule has 0 unspecified atom stereocenters. The Morgan fingerprint density at radius 3 is 2.47 bits per heavy atom. The summed E-state index contributed by atoms with van der Waals surface area (Å²) >= 11 is 0. The molecule has 1 heteroatoms. The Morgan fingerprint density at radius 1 is 1.33 bits per heavy atom. The van der Waals surface area contributed by atoms with E-state index in [1.54, 1.807) is 0 Å². The zero-order valence-corrected chi connectivity index (χ0v) is 11.1. The van der Waals surface area contributed by atoms with Gasteiger partial charge in [-0.25, -0.2) is 0 Å². The van der Waals surface area contributed by atoms with Gasteiger partial charge in [0.2, 0.25) is 0 Å². The third-order valence-electron chi connectivity index (χ3n) is 5.63. The molecular formula is C14H26B. The van der Waals surface area contributed by atoms with Crippen molar-refractivity contribution in [2.24, 2.45) is 23.2 Å². The molecule has 0 nitrogen and oxygen atoms in total. The first-order valence-corrected chi connectivity index (χ1v) is 6.81. The van der Waals surface area contributed by atoms with Crippen LogP contribution in [-0.4, -0.2) is 7.28 Å². The Hall–Kier alpha value is 0.0649. The second-order valence-corrected chi connectivity index (χ2v) is 6.70. The molecule has 15 heavy (non-hydrogen) atoms. The van der Waals surface area contributed by atoms with Crippen LogP contribution >= 0.6 is 0 Å². The molecule has 3 saturated carbocycles. The van der Waals surface area contributed by atoms with Crippen molar-refractivity contribution in [3.05, 3.63) is 0 Å². The summed E-state index contributed by atoms with van der Waals surface area (Å²) in [6.45, 7) is 12.1. The Bertz CT molecular complexity index is 233. The molecule has 0 aromatic rings. The van der Waals surface area contributed by atoms with Crippen molar-refractivity contribution < 1.29 is 0 Å². The Balaban J connectivity index is 1.96. The van der Waals surface area contributed by atoms with Gasteiger partial charge in [-0.05, 0) is 29.6 Å². The molecule has 2 bridgehead atoms. The highest BCUT2D eigenvalue weighted by Crippen LogP contribution is 2.64. The van der Waals surface area contributed by atoms with Crippen LogP contribution in [0.15, 0.2) is 0 Å². The van der Waals surface area contributed by atoms with Crippen molar-refractivity contribution in [3.8, 4) is 0 Å². The maximum absolute atomic E-state index is 2.65. The predicted octanol–water partition coefficient (Wildman–Crippen LogP) is 4.40. The standard InChI is InChI=1S/C14H26B/c1-6-9(2)15-13-8-11-7-12(10(13)3)14(11,4)5/h9-13H,6-8H2,1-5H3/t9-,10-,11+,12-,13-/m1/s1. The largest absolute Gasteiger partial charge is 0.117 e. The molecule has 0 aromatic heterocycles. The lowest BCUT2D eigenvalue weighted by Gasteiger charge is -2.62. The lowest BCUT2D eigenvalue weighted by molar-refractivity contribution is -0.0987. The molecule has 0 aromatic carbocycles. The first-order valence-electron chi connectivity index (χ1n) is 6.81. The van der Waals surface area contributed by atoms with Crippen LogP contribution < -0.4 is 0 Å². The fourth-order valence-electron chi connectivity index (χ4n) is 4.00. The van der Waals surface area contributed by atoms with Gasteiger partial charge in [-0.3, -0.25) is 0 Å². The van der Waals surface area contributed by atoms with Crippen LogP contribution in [0.1, 0.15) is 53.9 Å². The SMILES string of the molecule is CC[C@@H](C)[B][C@@H]1C[C@@H]2C[C@H]([C@H]1C)C2(C)C. The minimum Gasteiger partial charge on any atom is -0.0716 e. The van der Waals surface area contributed by atoms with Gasteiger partial charge in [-0.15, -0.1) is 0 Å². The van der Waals surface area contributed by atoms with Gasteiger partial charge in [0.15, 0.2) is 0 Å². The smallest absolute Gasteiger partial charge is 0.0716 e. The fraction of sp³-hybridized carbons (Fsp3) is 1.00. The van der Waals surface area contributed by atoms with Crippen LogP contribution in [0.2, 0.25) is 11.6 Å². The first-order chi connectivity index (χ1) is 6.96. The summed E-state index contributed by atoms with van der Waals surface area (Å²) in [5.74, 6) is 4.68. The van der Waals surface area contributed by atoms with Crippen molar-refractivity contribution in [2.45, 2.75) is 65.5 Å². The molecule has 3 rings (SSSR count). The van der Waals surface area contributed by atoms with Gasteiger partial charge < -0.3 is 0 Å². The number of hydrogen-bond acceptors (Lipinski definition) is 0. The third kappa shape index (κ3) is 1.76. The lowest BCUT2D eigenvalue weighted by Crippen LogP contribution is -2.54. The Labute approximate surface area is 96.5 Å². The van der Waals surface area contributed by atoms with Crippen LogP contribution in [0.25, 0.3) is 0 Å². The van der Waals surface area contributed by atoms with Crippen LogP contribution in [0.4, 0.5) is 0 Å². The van der Waals surface area contributed by atoms with Gasteiger partial charge in [-0.1, -0.05) is 59.1 Å². The highest BCUT2D eigenvalue weighted by molar-refractivity contribution is 6.39. The van der Waals surface area contributed by atoms with Gasteiger partial charge in [-0.2, -0.15) is 0 Å². The van der Waals surface area contributed by atoms with E-state index in [1.807, 2.05) is 0 Å². The minimum atomic E-state index is 0.652. The molecule has 0 amide bonds. The van der Waals surface area contributed by atoms with E-state index in [-0.39, 0.29) is 0 Å². The Kier molecular flexibility index (Phi) is 2.94. The molecule has 3 fully saturated rings. The summed E-state index contributed by atoms with van der Waals surface area (Å²) in [5, 5.41) is 0.